The molecule has 1 fully saturated rings. The number of nitrogens with two attached hydrogens (primary N) is 1. The summed E-state index contributed by atoms with van der Waals surface area (Å²) in [5.41, 5.74) is 3.42. The Morgan fingerprint density at radius 2 is 1.79 bits per heavy atom. The van der Waals surface area contributed by atoms with Gasteiger partial charge in [-0.05, 0) is 12.8 Å². The van der Waals surface area contributed by atoms with Crippen LogP contribution < -0.4 is 5.73 Å². The molecule has 108 valence electrons. The Labute approximate surface area is 106 Å². The zero-order chi connectivity index (χ0) is 14.3. The molecule has 3 nitrogen and oxygen atoms in total. The minimum absolute atomic E-state index is 0.0703. The van der Waals surface area contributed by atoms with Crippen molar-refractivity contribution < 1.29 is 22.0 Å². The van der Waals surface area contributed by atoms with E-state index in [1.165, 1.54) is 0 Å². The molecule has 0 saturated heterocycles. The van der Waals surface area contributed by atoms with E-state index < -0.39 is 36.0 Å². The van der Waals surface area contributed by atoms with Gasteiger partial charge in [-0.2, -0.15) is 18.3 Å². The lowest BCUT2D eigenvalue weighted by molar-refractivity contribution is -0.142. The van der Waals surface area contributed by atoms with Crippen molar-refractivity contribution in [2.45, 2.75) is 43.2 Å². The van der Waals surface area contributed by atoms with Crippen LogP contribution in [0, 0.1) is 0 Å². The van der Waals surface area contributed by atoms with E-state index in [1.807, 2.05) is 5.10 Å². The SMILES string of the molecule is NCC1(c2cn[nH]c2C(F)(F)F)CCC(F)(F)CC1. The largest absolute Gasteiger partial charge is 0.433 e. The van der Waals surface area contributed by atoms with E-state index in [4.69, 9.17) is 5.73 Å². The number of rotatable bonds is 2. The van der Waals surface area contributed by atoms with Crippen LogP contribution in [0.5, 0.6) is 0 Å². The standard InChI is InChI=1S/C11H14F5N3/c12-10(13)3-1-9(6-17,2-4-10)7-5-18-19-8(7)11(14,15)16/h5H,1-4,6,17H2,(H,18,19). The van der Waals surface area contributed by atoms with Crippen LogP contribution in [-0.4, -0.2) is 22.7 Å². The van der Waals surface area contributed by atoms with Gasteiger partial charge in [0.1, 0.15) is 5.69 Å². The summed E-state index contributed by atoms with van der Waals surface area (Å²) in [6.45, 7) is -0.105. The summed E-state index contributed by atoms with van der Waals surface area (Å²) >= 11 is 0. The number of H-pyrrole nitrogens is 1. The normalized spacial score (nSPS) is 22.4. The maximum Gasteiger partial charge on any atom is 0.433 e. The van der Waals surface area contributed by atoms with Gasteiger partial charge >= 0.3 is 6.18 Å². The maximum absolute atomic E-state index is 13.2. The van der Waals surface area contributed by atoms with Crippen molar-refractivity contribution in [1.82, 2.24) is 10.2 Å². The van der Waals surface area contributed by atoms with E-state index in [-0.39, 0.29) is 24.9 Å². The number of nitrogens with zero attached hydrogens (tertiary/aromatic N) is 1. The Hall–Kier alpha value is -1.18. The summed E-state index contributed by atoms with van der Waals surface area (Å²) in [4.78, 5) is 0. The average molecular weight is 283 g/mol. The van der Waals surface area contributed by atoms with Crippen molar-refractivity contribution in [3.8, 4) is 0 Å². The fraction of sp³-hybridized carbons (Fsp3) is 0.727. The van der Waals surface area contributed by atoms with E-state index in [0.717, 1.165) is 6.20 Å². The van der Waals surface area contributed by atoms with Crippen LogP contribution in [0.4, 0.5) is 22.0 Å². The van der Waals surface area contributed by atoms with E-state index in [1.54, 1.807) is 0 Å². The molecule has 8 heteroatoms. The third-order valence-electron chi connectivity index (χ3n) is 3.82. The first kappa shape index (κ1) is 14.2. The van der Waals surface area contributed by atoms with Gasteiger partial charge in [-0.15, -0.1) is 0 Å². The molecule has 0 unspecified atom stereocenters. The molecule has 0 amide bonds. The average Bonchev–Trinajstić information content (AvgIpc) is 2.79. The highest BCUT2D eigenvalue weighted by atomic mass is 19.4. The molecular formula is C11H14F5N3. The van der Waals surface area contributed by atoms with Gasteiger partial charge in [-0.1, -0.05) is 0 Å². The Bertz CT molecular complexity index is 441. The quantitative estimate of drug-likeness (QED) is 0.820. The molecule has 1 aliphatic rings. The predicted molar refractivity (Wildman–Crippen MR) is 57.7 cm³/mol. The Kier molecular flexibility index (Phi) is 3.32. The van der Waals surface area contributed by atoms with Gasteiger partial charge in [0.2, 0.25) is 5.92 Å². The molecule has 3 N–H and O–H groups in total. The van der Waals surface area contributed by atoms with Crippen LogP contribution in [0.15, 0.2) is 6.20 Å². The van der Waals surface area contributed by atoms with Gasteiger partial charge in [0.15, 0.2) is 0 Å². The second-order valence-corrected chi connectivity index (χ2v) is 5.00. The van der Waals surface area contributed by atoms with Gasteiger partial charge < -0.3 is 5.73 Å². The molecular weight excluding hydrogens is 269 g/mol. The van der Waals surface area contributed by atoms with Crippen LogP contribution in [0.2, 0.25) is 0 Å². The maximum atomic E-state index is 13.2. The lowest BCUT2D eigenvalue weighted by atomic mass is 9.68. The van der Waals surface area contributed by atoms with E-state index >= 15 is 0 Å². The smallest absolute Gasteiger partial charge is 0.330 e. The number of aromatic amines is 1. The summed E-state index contributed by atoms with van der Waals surface area (Å²) in [5.74, 6) is -2.82. The van der Waals surface area contributed by atoms with E-state index in [2.05, 4.69) is 5.10 Å². The van der Waals surface area contributed by atoms with Crippen LogP contribution in [0.1, 0.15) is 36.9 Å². The molecule has 1 aromatic heterocycles. The van der Waals surface area contributed by atoms with Gasteiger partial charge in [-0.25, -0.2) is 8.78 Å². The fourth-order valence-corrected chi connectivity index (χ4v) is 2.58. The monoisotopic (exact) mass is 283 g/mol. The molecule has 0 spiro atoms. The van der Waals surface area contributed by atoms with Crippen LogP contribution in [0.25, 0.3) is 0 Å². The van der Waals surface area contributed by atoms with Crippen molar-refractivity contribution in [2.24, 2.45) is 5.73 Å². The zero-order valence-corrected chi connectivity index (χ0v) is 10.0. The second kappa shape index (κ2) is 4.43. The number of hydrogen-bond acceptors (Lipinski definition) is 2. The topological polar surface area (TPSA) is 54.7 Å². The molecule has 2 rings (SSSR count). The Balaban J connectivity index is 2.36. The first-order valence-corrected chi connectivity index (χ1v) is 5.89. The van der Waals surface area contributed by atoms with Gasteiger partial charge in [0, 0.05) is 30.4 Å². The fourth-order valence-electron chi connectivity index (χ4n) is 2.58. The lowest BCUT2D eigenvalue weighted by Crippen LogP contribution is -2.43. The van der Waals surface area contributed by atoms with Crippen LogP contribution in [0.3, 0.4) is 0 Å². The molecule has 0 atom stereocenters. The summed E-state index contributed by atoms with van der Waals surface area (Å²) in [6, 6.07) is 0. The molecule has 1 aromatic rings. The van der Waals surface area contributed by atoms with Crippen LogP contribution in [-0.2, 0) is 11.6 Å². The number of nitrogens with one attached hydrogen (secondary N) is 1. The zero-order valence-electron chi connectivity index (χ0n) is 10.0. The number of aromatic nitrogens is 2. The summed E-state index contributed by atoms with van der Waals surface area (Å²) in [7, 11) is 0. The summed E-state index contributed by atoms with van der Waals surface area (Å²) < 4.78 is 64.9. The highest BCUT2D eigenvalue weighted by Crippen LogP contribution is 2.47. The Morgan fingerprint density at radius 3 is 2.26 bits per heavy atom. The van der Waals surface area contributed by atoms with Crippen molar-refractivity contribution in [3.63, 3.8) is 0 Å². The van der Waals surface area contributed by atoms with Crippen molar-refractivity contribution in [1.29, 1.82) is 0 Å². The molecule has 1 heterocycles. The molecule has 0 bridgehead atoms. The molecule has 1 saturated carbocycles. The van der Waals surface area contributed by atoms with Crippen molar-refractivity contribution >= 4 is 0 Å². The van der Waals surface area contributed by atoms with Gasteiger partial charge in [-0.3, -0.25) is 5.10 Å². The molecule has 0 aliphatic heterocycles. The van der Waals surface area contributed by atoms with Crippen molar-refractivity contribution in [2.75, 3.05) is 6.54 Å². The van der Waals surface area contributed by atoms with E-state index in [0.29, 0.717) is 0 Å². The van der Waals surface area contributed by atoms with Gasteiger partial charge in [0.25, 0.3) is 0 Å². The number of hydrogen-bond donors (Lipinski definition) is 2. The van der Waals surface area contributed by atoms with E-state index in [9.17, 15) is 22.0 Å². The molecule has 0 aromatic carbocycles. The number of alkyl halides is 5. The van der Waals surface area contributed by atoms with Crippen LogP contribution >= 0.6 is 0 Å². The highest BCUT2D eigenvalue weighted by Gasteiger charge is 2.48. The van der Waals surface area contributed by atoms with Crippen molar-refractivity contribution in [3.05, 3.63) is 17.5 Å². The molecule has 0 radical (unpaired) electrons. The predicted octanol–water partition coefficient (Wildman–Crippen LogP) is 2.83. The minimum Gasteiger partial charge on any atom is -0.330 e. The highest BCUT2D eigenvalue weighted by molar-refractivity contribution is 5.31. The first-order chi connectivity index (χ1) is 8.70. The molecule has 1 aliphatic carbocycles. The third kappa shape index (κ3) is 2.58. The molecule has 19 heavy (non-hydrogen) atoms. The summed E-state index contributed by atoms with van der Waals surface area (Å²) in [5, 5.41) is 5.31. The third-order valence-corrected chi connectivity index (χ3v) is 3.82. The lowest BCUT2D eigenvalue weighted by Gasteiger charge is -2.39. The number of halogens is 5. The van der Waals surface area contributed by atoms with Gasteiger partial charge in [0.05, 0.1) is 6.20 Å². The Morgan fingerprint density at radius 1 is 1.21 bits per heavy atom. The minimum atomic E-state index is -4.59. The summed E-state index contributed by atoms with van der Waals surface area (Å²) in [6.07, 6.45) is -4.58. The first-order valence-electron chi connectivity index (χ1n) is 5.89. The second-order valence-electron chi connectivity index (χ2n) is 5.00.